The van der Waals surface area contributed by atoms with Crippen LogP contribution >= 0.6 is 27.5 Å². The van der Waals surface area contributed by atoms with Crippen molar-refractivity contribution in [1.82, 2.24) is 0 Å². The molecule has 0 saturated heterocycles. The Balaban J connectivity index is 1.82. The first-order valence-electron chi connectivity index (χ1n) is 6.97. The summed E-state index contributed by atoms with van der Waals surface area (Å²) in [5, 5.41) is 3.47. The van der Waals surface area contributed by atoms with Crippen LogP contribution in [-0.2, 0) is 0 Å². The highest BCUT2D eigenvalue weighted by Crippen LogP contribution is 2.28. The molecule has 23 heavy (non-hydrogen) atoms. The lowest BCUT2D eigenvalue weighted by Gasteiger charge is -2.05. The molecule has 0 bridgehead atoms. The number of hydrogen-bond acceptors (Lipinski definition) is 2. The van der Waals surface area contributed by atoms with E-state index in [1.54, 1.807) is 12.1 Å². The number of furan rings is 1. The average molecular weight is 391 g/mol. The molecule has 0 atom stereocenters. The summed E-state index contributed by atoms with van der Waals surface area (Å²) in [4.78, 5) is 12.3. The van der Waals surface area contributed by atoms with Crippen LogP contribution in [0.4, 0.5) is 5.69 Å². The van der Waals surface area contributed by atoms with Crippen LogP contribution in [-0.4, -0.2) is 5.91 Å². The average Bonchev–Trinajstić information content (AvgIpc) is 3.02. The normalized spacial score (nSPS) is 10.6. The first-order chi connectivity index (χ1) is 11.0. The van der Waals surface area contributed by atoms with Gasteiger partial charge in [0.25, 0.3) is 5.91 Å². The molecule has 0 aliphatic carbocycles. The predicted octanol–water partition coefficient (Wildman–Crippen LogP) is 5.92. The lowest BCUT2D eigenvalue weighted by atomic mass is 10.1. The maximum absolute atomic E-state index is 12.3. The summed E-state index contributed by atoms with van der Waals surface area (Å²) in [6, 6.07) is 16.5. The summed E-state index contributed by atoms with van der Waals surface area (Å²) in [6.45, 7) is 1.94. The largest absolute Gasteiger partial charge is 0.451 e. The van der Waals surface area contributed by atoms with Crippen molar-refractivity contribution in [3.63, 3.8) is 0 Å². The van der Waals surface area contributed by atoms with E-state index in [-0.39, 0.29) is 11.7 Å². The molecule has 3 rings (SSSR count). The van der Waals surface area contributed by atoms with E-state index in [2.05, 4.69) is 21.2 Å². The van der Waals surface area contributed by atoms with Crippen molar-refractivity contribution in [1.29, 1.82) is 0 Å². The van der Waals surface area contributed by atoms with Crippen LogP contribution in [0.1, 0.15) is 16.1 Å². The fourth-order valence-corrected chi connectivity index (χ4v) is 2.67. The maximum Gasteiger partial charge on any atom is 0.291 e. The maximum atomic E-state index is 12.3. The zero-order chi connectivity index (χ0) is 16.4. The van der Waals surface area contributed by atoms with Gasteiger partial charge in [-0.05, 0) is 58.7 Å². The van der Waals surface area contributed by atoms with Gasteiger partial charge >= 0.3 is 0 Å². The van der Waals surface area contributed by atoms with Gasteiger partial charge in [0, 0.05) is 15.1 Å². The Bertz CT molecular complexity index is 873. The molecule has 3 aromatic rings. The van der Waals surface area contributed by atoms with Gasteiger partial charge in [-0.2, -0.15) is 0 Å². The Morgan fingerprint density at radius 3 is 2.65 bits per heavy atom. The van der Waals surface area contributed by atoms with Crippen LogP contribution in [0.25, 0.3) is 11.3 Å². The Morgan fingerprint density at radius 2 is 1.91 bits per heavy atom. The van der Waals surface area contributed by atoms with Crippen molar-refractivity contribution in [2.24, 2.45) is 0 Å². The number of carbonyl (C=O) groups excluding carboxylic acids is 1. The highest BCUT2D eigenvalue weighted by molar-refractivity contribution is 9.10. The standard InChI is InChI=1S/C18H13BrClNO2/c1-11-6-7-12(10-14(11)20)16-8-9-17(23-16)18(22)21-15-5-3-2-4-13(15)19/h2-10H,1H3,(H,21,22). The molecule has 1 heterocycles. The summed E-state index contributed by atoms with van der Waals surface area (Å²) in [5.74, 6) is 0.540. The van der Waals surface area contributed by atoms with Crippen LogP contribution in [0.3, 0.4) is 0 Å². The van der Waals surface area contributed by atoms with E-state index in [0.717, 1.165) is 15.6 Å². The Hall–Kier alpha value is -2.04. The zero-order valence-corrected chi connectivity index (χ0v) is 14.6. The summed E-state index contributed by atoms with van der Waals surface area (Å²) in [6.07, 6.45) is 0. The Kier molecular flexibility index (Phi) is 4.55. The number of amides is 1. The SMILES string of the molecule is Cc1ccc(-c2ccc(C(=O)Nc3ccccc3Br)o2)cc1Cl. The summed E-state index contributed by atoms with van der Waals surface area (Å²) in [7, 11) is 0. The third-order valence-corrected chi connectivity index (χ3v) is 4.51. The quantitative estimate of drug-likeness (QED) is 0.603. The Morgan fingerprint density at radius 1 is 1.13 bits per heavy atom. The van der Waals surface area contributed by atoms with Gasteiger partial charge in [-0.15, -0.1) is 0 Å². The van der Waals surface area contributed by atoms with Crippen LogP contribution in [0.5, 0.6) is 0 Å². The molecule has 2 aromatic carbocycles. The number of para-hydroxylation sites is 1. The first kappa shape index (κ1) is 15.8. The monoisotopic (exact) mass is 389 g/mol. The number of carbonyl (C=O) groups is 1. The summed E-state index contributed by atoms with van der Waals surface area (Å²) in [5.41, 5.74) is 2.52. The van der Waals surface area contributed by atoms with E-state index in [1.807, 2.05) is 49.4 Å². The molecule has 3 nitrogen and oxygen atoms in total. The van der Waals surface area contributed by atoms with Gasteiger partial charge in [0.1, 0.15) is 5.76 Å². The third kappa shape index (κ3) is 3.49. The van der Waals surface area contributed by atoms with Crippen molar-refractivity contribution in [2.45, 2.75) is 6.92 Å². The van der Waals surface area contributed by atoms with E-state index in [0.29, 0.717) is 16.5 Å². The zero-order valence-electron chi connectivity index (χ0n) is 12.3. The number of benzene rings is 2. The van der Waals surface area contributed by atoms with Gasteiger partial charge in [0.15, 0.2) is 5.76 Å². The van der Waals surface area contributed by atoms with Gasteiger partial charge in [0.2, 0.25) is 0 Å². The number of hydrogen-bond donors (Lipinski definition) is 1. The highest BCUT2D eigenvalue weighted by Gasteiger charge is 2.14. The molecule has 1 amide bonds. The molecule has 0 aliphatic heterocycles. The smallest absolute Gasteiger partial charge is 0.291 e. The number of aryl methyl sites for hydroxylation is 1. The highest BCUT2D eigenvalue weighted by atomic mass is 79.9. The third-order valence-electron chi connectivity index (χ3n) is 3.41. The van der Waals surface area contributed by atoms with Gasteiger partial charge < -0.3 is 9.73 Å². The van der Waals surface area contributed by atoms with Crippen molar-refractivity contribution < 1.29 is 9.21 Å². The summed E-state index contributed by atoms with van der Waals surface area (Å²) < 4.78 is 6.46. The van der Waals surface area contributed by atoms with Crippen LogP contribution in [0.2, 0.25) is 5.02 Å². The second kappa shape index (κ2) is 6.60. The minimum atomic E-state index is -0.304. The van der Waals surface area contributed by atoms with Crippen LogP contribution in [0, 0.1) is 6.92 Å². The van der Waals surface area contributed by atoms with Gasteiger partial charge in [0.05, 0.1) is 5.69 Å². The number of halogens is 2. The van der Waals surface area contributed by atoms with E-state index in [1.165, 1.54) is 0 Å². The molecule has 0 unspecified atom stereocenters. The van der Waals surface area contributed by atoms with E-state index >= 15 is 0 Å². The number of anilines is 1. The van der Waals surface area contributed by atoms with Crippen LogP contribution in [0.15, 0.2) is 63.5 Å². The molecule has 1 N–H and O–H groups in total. The minimum Gasteiger partial charge on any atom is -0.451 e. The van der Waals surface area contributed by atoms with Crippen molar-refractivity contribution >= 4 is 39.1 Å². The minimum absolute atomic E-state index is 0.243. The molecular formula is C18H13BrClNO2. The molecule has 0 aliphatic rings. The van der Waals surface area contributed by atoms with E-state index < -0.39 is 0 Å². The Labute approximate surface area is 147 Å². The lowest BCUT2D eigenvalue weighted by molar-refractivity contribution is 0.0997. The number of rotatable bonds is 3. The second-order valence-electron chi connectivity index (χ2n) is 5.06. The van der Waals surface area contributed by atoms with Crippen molar-refractivity contribution in [3.05, 3.63) is 75.4 Å². The molecule has 116 valence electrons. The van der Waals surface area contributed by atoms with E-state index in [9.17, 15) is 4.79 Å². The molecule has 5 heteroatoms. The molecule has 0 saturated carbocycles. The predicted molar refractivity (Wildman–Crippen MR) is 96.0 cm³/mol. The van der Waals surface area contributed by atoms with Gasteiger partial charge in [-0.3, -0.25) is 4.79 Å². The second-order valence-corrected chi connectivity index (χ2v) is 6.32. The van der Waals surface area contributed by atoms with E-state index in [4.69, 9.17) is 16.0 Å². The van der Waals surface area contributed by atoms with Crippen molar-refractivity contribution in [2.75, 3.05) is 5.32 Å². The topological polar surface area (TPSA) is 42.2 Å². The molecule has 1 aromatic heterocycles. The molecular weight excluding hydrogens is 378 g/mol. The molecule has 0 spiro atoms. The number of nitrogens with one attached hydrogen (secondary N) is 1. The van der Waals surface area contributed by atoms with Crippen LogP contribution < -0.4 is 5.32 Å². The summed E-state index contributed by atoms with van der Waals surface area (Å²) >= 11 is 9.53. The fourth-order valence-electron chi connectivity index (χ4n) is 2.11. The van der Waals surface area contributed by atoms with Gasteiger partial charge in [-0.1, -0.05) is 35.9 Å². The van der Waals surface area contributed by atoms with Crippen molar-refractivity contribution in [3.8, 4) is 11.3 Å². The molecule has 0 radical (unpaired) electrons. The molecule has 0 fully saturated rings. The first-order valence-corrected chi connectivity index (χ1v) is 8.14. The van der Waals surface area contributed by atoms with Gasteiger partial charge in [-0.25, -0.2) is 0 Å². The lowest BCUT2D eigenvalue weighted by Crippen LogP contribution is -2.11. The fraction of sp³-hybridized carbons (Fsp3) is 0.0556.